The van der Waals surface area contributed by atoms with Crippen molar-refractivity contribution < 1.29 is 9.59 Å². The topological polar surface area (TPSA) is 84.2 Å². The zero-order valence-corrected chi connectivity index (χ0v) is 9.82. The van der Waals surface area contributed by atoms with Crippen LogP contribution in [0.25, 0.3) is 0 Å². The van der Waals surface area contributed by atoms with E-state index in [2.05, 4.69) is 22.9 Å². The number of carbonyl (C=O) groups is 2. The quantitative estimate of drug-likeness (QED) is 0.448. The SMILES string of the molecule is CCC(CC)NC(=O)C(=O)NCC(N)=S. The van der Waals surface area contributed by atoms with Gasteiger partial charge in [-0.2, -0.15) is 0 Å². The standard InChI is InChI=1S/C9H17N3O2S/c1-3-6(4-2)12-9(14)8(13)11-5-7(10)15/h6H,3-5H2,1-2H3,(H2,10,15)(H,11,13)(H,12,14). The van der Waals surface area contributed by atoms with Gasteiger partial charge in [0.2, 0.25) is 0 Å². The number of amides is 2. The Morgan fingerprint density at radius 3 is 2.20 bits per heavy atom. The maximum Gasteiger partial charge on any atom is 0.309 e. The van der Waals surface area contributed by atoms with Gasteiger partial charge in [-0.3, -0.25) is 9.59 Å². The molecule has 0 spiro atoms. The highest BCUT2D eigenvalue weighted by Crippen LogP contribution is 1.95. The third-order valence-electron chi connectivity index (χ3n) is 1.95. The van der Waals surface area contributed by atoms with Crippen LogP contribution in [0, 0.1) is 0 Å². The smallest absolute Gasteiger partial charge is 0.309 e. The fourth-order valence-corrected chi connectivity index (χ4v) is 1.06. The molecule has 0 aliphatic heterocycles. The van der Waals surface area contributed by atoms with Crippen LogP contribution in [0.4, 0.5) is 0 Å². The molecule has 0 saturated heterocycles. The molecule has 0 aliphatic rings. The molecule has 0 unspecified atom stereocenters. The van der Waals surface area contributed by atoms with Crippen molar-refractivity contribution in [3.8, 4) is 0 Å². The zero-order chi connectivity index (χ0) is 11.8. The summed E-state index contributed by atoms with van der Waals surface area (Å²) in [7, 11) is 0. The van der Waals surface area contributed by atoms with Gasteiger partial charge in [-0.1, -0.05) is 26.1 Å². The van der Waals surface area contributed by atoms with Crippen LogP contribution >= 0.6 is 12.2 Å². The molecule has 86 valence electrons. The highest BCUT2D eigenvalue weighted by molar-refractivity contribution is 7.80. The van der Waals surface area contributed by atoms with Crippen molar-refractivity contribution in [1.29, 1.82) is 0 Å². The van der Waals surface area contributed by atoms with Crippen LogP contribution in [-0.2, 0) is 9.59 Å². The van der Waals surface area contributed by atoms with Crippen LogP contribution in [0.15, 0.2) is 0 Å². The molecule has 15 heavy (non-hydrogen) atoms. The molecule has 5 nitrogen and oxygen atoms in total. The van der Waals surface area contributed by atoms with E-state index in [1.165, 1.54) is 0 Å². The maximum atomic E-state index is 11.3. The van der Waals surface area contributed by atoms with E-state index >= 15 is 0 Å². The largest absolute Gasteiger partial charge is 0.392 e. The Morgan fingerprint density at radius 2 is 1.80 bits per heavy atom. The van der Waals surface area contributed by atoms with Crippen molar-refractivity contribution >= 4 is 29.0 Å². The average molecular weight is 231 g/mol. The molecule has 0 radical (unpaired) electrons. The number of hydrogen-bond acceptors (Lipinski definition) is 3. The molecule has 0 rings (SSSR count). The normalized spacial score (nSPS) is 9.80. The minimum atomic E-state index is -0.699. The summed E-state index contributed by atoms with van der Waals surface area (Å²) in [6.07, 6.45) is 1.59. The van der Waals surface area contributed by atoms with Gasteiger partial charge in [0.15, 0.2) is 0 Å². The average Bonchev–Trinajstić information content (AvgIpc) is 2.21. The number of thiocarbonyl (C=S) groups is 1. The van der Waals surface area contributed by atoms with Gasteiger partial charge in [0.1, 0.15) is 0 Å². The maximum absolute atomic E-state index is 11.3. The second kappa shape index (κ2) is 7.17. The molecule has 0 heterocycles. The molecule has 0 aromatic carbocycles. The summed E-state index contributed by atoms with van der Waals surface area (Å²) >= 11 is 4.57. The lowest BCUT2D eigenvalue weighted by molar-refractivity contribution is -0.139. The lowest BCUT2D eigenvalue weighted by Gasteiger charge is -2.13. The summed E-state index contributed by atoms with van der Waals surface area (Å²) in [5, 5.41) is 4.92. The predicted octanol–water partition coefficient (Wildman–Crippen LogP) is -0.306. The fourth-order valence-electron chi connectivity index (χ4n) is 0.991. The fraction of sp³-hybridized carbons (Fsp3) is 0.667. The van der Waals surface area contributed by atoms with Crippen molar-refractivity contribution in [1.82, 2.24) is 10.6 Å². The summed E-state index contributed by atoms with van der Waals surface area (Å²) in [5.74, 6) is -1.34. The van der Waals surface area contributed by atoms with Gasteiger partial charge in [-0.15, -0.1) is 0 Å². The van der Waals surface area contributed by atoms with E-state index in [0.29, 0.717) is 0 Å². The molecular weight excluding hydrogens is 214 g/mol. The number of rotatable bonds is 5. The van der Waals surface area contributed by atoms with Crippen LogP contribution in [0.3, 0.4) is 0 Å². The van der Waals surface area contributed by atoms with Crippen LogP contribution < -0.4 is 16.4 Å². The Bertz CT molecular complexity index is 252. The minimum absolute atomic E-state index is 0.0353. The van der Waals surface area contributed by atoms with Crippen LogP contribution in [-0.4, -0.2) is 29.4 Å². The zero-order valence-electron chi connectivity index (χ0n) is 9.00. The predicted molar refractivity (Wildman–Crippen MR) is 62.3 cm³/mol. The van der Waals surface area contributed by atoms with E-state index < -0.39 is 11.8 Å². The van der Waals surface area contributed by atoms with E-state index in [9.17, 15) is 9.59 Å². The minimum Gasteiger partial charge on any atom is -0.392 e. The summed E-state index contributed by atoms with van der Waals surface area (Å²) < 4.78 is 0. The molecule has 4 N–H and O–H groups in total. The van der Waals surface area contributed by atoms with Gasteiger partial charge in [0.25, 0.3) is 0 Å². The first kappa shape index (κ1) is 13.8. The van der Waals surface area contributed by atoms with Crippen molar-refractivity contribution in [3.05, 3.63) is 0 Å². The number of hydrogen-bond donors (Lipinski definition) is 3. The molecule has 0 fully saturated rings. The highest BCUT2D eigenvalue weighted by atomic mass is 32.1. The second-order valence-electron chi connectivity index (χ2n) is 3.14. The lowest BCUT2D eigenvalue weighted by Crippen LogP contribution is -2.46. The first-order valence-corrected chi connectivity index (χ1v) is 5.29. The van der Waals surface area contributed by atoms with Gasteiger partial charge in [0.05, 0.1) is 11.5 Å². The molecule has 0 aliphatic carbocycles. The van der Waals surface area contributed by atoms with E-state index in [-0.39, 0.29) is 17.6 Å². The van der Waals surface area contributed by atoms with E-state index in [1.54, 1.807) is 0 Å². The second-order valence-corrected chi connectivity index (χ2v) is 3.66. The molecule has 6 heteroatoms. The first-order valence-electron chi connectivity index (χ1n) is 4.88. The summed E-state index contributed by atoms with van der Waals surface area (Å²) in [5.41, 5.74) is 5.18. The van der Waals surface area contributed by atoms with E-state index in [0.717, 1.165) is 12.8 Å². The number of nitrogens with one attached hydrogen (secondary N) is 2. The van der Waals surface area contributed by atoms with Crippen LogP contribution in [0.1, 0.15) is 26.7 Å². The van der Waals surface area contributed by atoms with Crippen LogP contribution in [0.2, 0.25) is 0 Å². The van der Waals surface area contributed by atoms with Gasteiger partial charge in [-0.05, 0) is 12.8 Å². The van der Waals surface area contributed by atoms with Gasteiger partial charge < -0.3 is 16.4 Å². The molecule has 2 amide bonds. The highest BCUT2D eigenvalue weighted by Gasteiger charge is 2.15. The molecule has 0 atom stereocenters. The Morgan fingerprint density at radius 1 is 1.27 bits per heavy atom. The van der Waals surface area contributed by atoms with E-state index in [1.807, 2.05) is 13.8 Å². The monoisotopic (exact) mass is 231 g/mol. The molecule has 0 aromatic heterocycles. The van der Waals surface area contributed by atoms with Crippen molar-refractivity contribution in [2.75, 3.05) is 6.54 Å². The summed E-state index contributed by atoms with van der Waals surface area (Å²) in [6.45, 7) is 3.94. The van der Waals surface area contributed by atoms with Gasteiger partial charge in [0, 0.05) is 6.04 Å². The molecular formula is C9H17N3O2S. The Balaban J connectivity index is 3.98. The van der Waals surface area contributed by atoms with Gasteiger partial charge >= 0.3 is 11.8 Å². The number of nitrogens with two attached hydrogens (primary N) is 1. The Kier molecular flexibility index (Phi) is 6.61. The molecule has 0 saturated carbocycles. The molecule has 0 aromatic rings. The number of carbonyl (C=O) groups excluding carboxylic acids is 2. The first-order chi connectivity index (χ1) is 7.01. The molecule has 0 bridgehead atoms. The Labute approximate surface area is 94.8 Å². The summed E-state index contributed by atoms with van der Waals surface area (Å²) in [6, 6.07) is 0.0353. The lowest BCUT2D eigenvalue weighted by atomic mass is 10.2. The van der Waals surface area contributed by atoms with Gasteiger partial charge in [-0.25, -0.2) is 0 Å². The third-order valence-corrected chi connectivity index (χ3v) is 2.09. The van der Waals surface area contributed by atoms with E-state index in [4.69, 9.17) is 5.73 Å². The Hall–Kier alpha value is -1.17. The van der Waals surface area contributed by atoms with Crippen LogP contribution in [0.5, 0.6) is 0 Å². The van der Waals surface area contributed by atoms with Crippen molar-refractivity contribution in [3.63, 3.8) is 0 Å². The van der Waals surface area contributed by atoms with Crippen molar-refractivity contribution in [2.24, 2.45) is 5.73 Å². The third kappa shape index (κ3) is 6.01. The summed E-state index contributed by atoms with van der Waals surface area (Å²) in [4.78, 5) is 22.6. The van der Waals surface area contributed by atoms with Crippen molar-refractivity contribution in [2.45, 2.75) is 32.7 Å².